The van der Waals surface area contributed by atoms with E-state index in [2.05, 4.69) is 21.2 Å². The molecule has 112 valence electrons. The monoisotopic (exact) mass is 305 g/mol. The average Bonchev–Trinajstić information content (AvgIpc) is 2.86. The van der Waals surface area contributed by atoms with Crippen molar-refractivity contribution >= 4 is 11.3 Å². The lowest BCUT2D eigenvalue weighted by Gasteiger charge is -2.26. The molecule has 0 unspecified atom stereocenters. The molecule has 5 nitrogen and oxygen atoms in total. The van der Waals surface area contributed by atoms with Gasteiger partial charge >= 0.3 is 0 Å². The summed E-state index contributed by atoms with van der Waals surface area (Å²) in [7, 11) is 1.68. The number of fused-ring (bicyclic) bond motifs is 1. The molecule has 0 amide bonds. The summed E-state index contributed by atoms with van der Waals surface area (Å²) in [5, 5.41) is 10.4. The Balaban J connectivity index is 1.81. The van der Waals surface area contributed by atoms with Crippen molar-refractivity contribution in [2.45, 2.75) is 26.4 Å². The van der Waals surface area contributed by atoms with E-state index < -0.39 is 0 Å². The molecule has 1 aromatic heterocycles. The second-order valence-electron chi connectivity index (χ2n) is 5.08. The van der Waals surface area contributed by atoms with Crippen molar-refractivity contribution in [3.05, 3.63) is 33.8 Å². The minimum Gasteiger partial charge on any atom is -0.493 e. The van der Waals surface area contributed by atoms with E-state index in [1.54, 1.807) is 18.4 Å². The summed E-state index contributed by atoms with van der Waals surface area (Å²) in [4.78, 5) is 2.39. The van der Waals surface area contributed by atoms with E-state index in [-0.39, 0.29) is 0 Å². The van der Waals surface area contributed by atoms with Crippen LogP contribution in [0.25, 0.3) is 0 Å². The van der Waals surface area contributed by atoms with E-state index in [0.29, 0.717) is 6.61 Å². The predicted octanol–water partition coefficient (Wildman–Crippen LogP) is 2.64. The second-order valence-corrected chi connectivity index (χ2v) is 6.34. The van der Waals surface area contributed by atoms with Crippen molar-refractivity contribution in [3.63, 3.8) is 0 Å². The largest absolute Gasteiger partial charge is 0.493 e. The third kappa shape index (κ3) is 3.33. The standard InChI is InChI=1S/C15H19N3O2S/c1-11-16-17-14(21-11)10-18-7-4-8-20-15-12(9-18)5-3-6-13(15)19-2/h3,5-6H,4,7-10H2,1-2H3. The summed E-state index contributed by atoms with van der Waals surface area (Å²) in [6.45, 7) is 5.37. The highest BCUT2D eigenvalue weighted by Gasteiger charge is 2.18. The van der Waals surface area contributed by atoms with Crippen molar-refractivity contribution in [2.24, 2.45) is 0 Å². The van der Waals surface area contributed by atoms with Gasteiger partial charge in [-0.3, -0.25) is 4.90 Å². The van der Waals surface area contributed by atoms with Crippen LogP contribution in [0.4, 0.5) is 0 Å². The lowest BCUT2D eigenvalue weighted by Crippen LogP contribution is -2.27. The van der Waals surface area contributed by atoms with E-state index in [1.807, 2.05) is 19.1 Å². The maximum Gasteiger partial charge on any atom is 0.165 e. The van der Waals surface area contributed by atoms with Crippen molar-refractivity contribution in [3.8, 4) is 11.5 Å². The van der Waals surface area contributed by atoms with E-state index in [9.17, 15) is 0 Å². The van der Waals surface area contributed by atoms with Crippen LogP contribution in [0.5, 0.6) is 11.5 Å². The molecule has 0 spiro atoms. The van der Waals surface area contributed by atoms with Gasteiger partial charge in [0.1, 0.15) is 10.0 Å². The van der Waals surface area contributed by atoms with Crippen LogP contribution < -0.4 is 9.47 Å². The van der Waals surface area contributed by atoms with Gasteiger partial charge in [0.2, 0.25) is 0 Å². The van der Waals surface area contributed by atoms with Crippen LogP contribution in [-0.4, -0.2) is 35.4 Å². The quantitative estimate of drug-likeness (QED) is 0.872. The Bertz CT molecular complexity index is 615. The van der Waals surface area contributed by atoms with E-state index in [0.717, 1.165) is 53.1 Å². The third-order valence-electron chi connectivity index (χ3n) is 3.47. The Hall–Kier alpha value is -1.66. The molecule has 0 atom stereocenters. The Morgan fingerprint density at radius 2 is 2.29 bits per heavy atom. The molecule has 0 fully saturated rings. The fourth-order valence-electron chi connectivity index (χ4n) is 2.52. The van der Waals surface area contributed by atoms with Gasteiger partial charge in [0.25, 0.3) is 0 Å². The highest BCUT2D eigenvalue weighted by atomic mass is 32.1. The van der Waals surface area contributed by atoms with Gasteiger partial charge in [0.05, 0.1) is 20.3 Å². The molecule has 21 heavy (non-hydrogen) atoms. The highest BCUT2D eigenvalue weighted by molar-refractivity contribution is 7.11. The highest BCUT2D eigenvalue weighted by Crippen LogP contribution is 2.33. The Labute approximate surface area is 128 Å². The number of nitrogens with zero attached hydrogens (tertiary/aromatic N) is 3. The van der Waals surface area contributed by atoms with Gasteiger partial charge in [-0.15, -0.1) is 21.5 Å². The summed E-state index contributed by atoms with van der Waals surface area (Å²) in [6.07, 6.45) is 0.995. The molecular formula is C15H19N3O2S. The number of aryl methyl sites for hydroxylation is 1. The molecule has 0 saturated carbocycles. The zero-order chi connectivity index (χ0) is 14.7. The first-order chi connectivity index (χ1) is 10.3. The minimum absolute atomic E-state index is 0.707. The number of rotatable bonds is 3. The molecule has 0 aliphatic carbocycles. The molecule has 6 heteroatoms. The molecular weight excluding hydrogens is 286 g/mol. The molecule has 0 radical (unpaired) electrons. The topological polar surface area (TPSA) is 47.5 Å². The smallest absolute Gasteiger partial charge is 0.165 e. The van der Waals surface area contributed by atoms with Gasteiger partial charge in [0.15, 0.2) is 11.5 Å². The maximum absolute atomic E-state index is 5.88. The number of hydrogen-bond acceptors (Lipinski definition) is 6. The number of aromatic nitrogens is 2. The minimum atomic E-state index is 0.707. The molecule has 0 saturated heterocycles. The van der Waals surface area contributed by atoms with Crippen molar-refractivity contribution in [1.29, 1.82) is 0 Å². The number of para-hydroxylation sites is 1. The van der Waals surface area contributed by atoms with Gasteiger partial charge in [-0.25, -0.2) is 0 Å². The van der Waals surface area contributed by atoms with Crippen LogP contribution in [0.1, 0.15) is 22.0 Å². The van der Waals surface area contributed by atoms with Crippen LogP contribution in [0.3, 0.4) is 0 Å². The molecule has 2 aromatic rings. The third-order valence-corrected chi connectivity index (χ3v) is 4.29. The molecule has 2 heterocycles. The summed E-state index contributed by atoms with van der Waals surface area (Å²) in [6, 6.07) is 6.05. The van der Waals surface area contributed by atoms with Crippen molar-refractivity contribution in [1.82, 2.24) is 15.1 Å². The first kappa shape index (κ1) is 14.3. The summed E-state index contributed by atoms with van der Waals surface area (Å²) < 4.78 is 11.3. The van der Waals surface area contributed by atoms with Crippen LogP contribution in [0.2, 0.25) is 0 Å². The summed E-state index contributed by atoms with van der Waals surface area (Å²) >= 11 is 1.66. The number of hydrogen-bond donors (Lipinski definition) is 0. The SMILES string of the molecule is COc1cccc2c1OCCCN(Cc1nnc(C)s1)C2. The number of benzene rings is 1. The molecule has 0 N–H and O–H groups in total. The molecule has 1 aromatic carbocycles. The summed E-state index contributed by atoms with van der Waals surface area (Å²) in [5.74, 6) is 1.68. The maximum atomic E-state index is 5.88. The van der Waals surface area contributed by atoms with Crippen molar-refractivity contribution < 1.29 is 9.47 Å². The number of ether oxygens (including phenoxy) is 2. The van der Waals surface area contributed by atoms with Crippen LogP contribution in [-0.2, 0) is 13.1 Å². The first-order valence-electron chi connectivity index (χ1n) is 7.06. The van der Waals surface area contributed by atoms with Crippen LogP contribution in [0, 0.1) is 6.92 Å². The van der Waals surface area contributed by atoms with Gasteiger partial charge in [-0.2, -0.15) is 0 Å². The van der Waals surface area contributed by atoms with Gasteiger partial charge in [0, 0.05) is 18.7 Å². The zero-order valence-electron chi connectivity index (χ0n) is 12.3. The molecule has 3 rings (SSSR count). The fourth-order valence-corrected chi connectivity index (χ4v) is 3.27. The Morgan fingerprint density at radius 1 is 1.38 bits per heavy atom. The average molecular weight is 305 g/mol. The Morgan fingerprint density at radius 3 is 3.05 bits per heavy atom. The van der Waals surface area contributed by atoms with E-state index >= 15 is 0 Å². The first-order valence-corrected chi connectivity index (χ1v) is 7.88. The fraction of sp³-hybridized carbons (Fsp3) is 0.467. The lowest BCUT2D eigenvalue weighted by atomic mass is 10.1. The van der Waals surface area contributed by atoms with Gasteiger partial charge in [-0.1, -0.05) is 12.1 Å². The van der Waals surface area contributed by atoms with Gasteiger partial charge in [-0.05, 0) is 19.4 Å². The van der Waals surface area contributed by atoms with Crippen LogP contribution >= 0.6 is 11.3 Å². The van der Waals surface area contributed by atoms with Crippen molar-refractivity contribution in [2.75, 3.05) is 20.3 Å². The van der Waals surface area contributed by atoms with Gasteiger partial charge < -0.3 is 9.47 Å². The molecule has 1 aliphatic heterocycles. The zero-order valence-corrected chi connectivity index (χ0v) is 13.2. The van der Waals surface area contributed by atoms with E-state index in [4.69, 9.17) is 9.47 Å². The second kappa shape index (κ2) is 6.41. The van der Waals surface area contributed by atoms with Crippen LogP contribution in [0.15, 0.2) is 18.2 Å². The summed E-state index contributed by atoms with van der Waals surface area (Å²) in [5.41, 5.74) is 1.16. The Kier molecular flexibility index (Phi) is 4.36. The lowest BCUT2D eigenvalue weighted by molar-refractivity contribution is 0.195. The molecule has 1 aliphatic rings. The van der Waals surface area contributed by atoms with E-state index in [1.165, 1.54) is 0 Å². The predicted molar refractivity (Wildman–Crippen MR) is 81.9 cm³/mol. The molecule has 0 bridgehead atoms. The number of methoxy groups -OCH3 is 1. The normalized spacial score (nSPS) is 15.7.